The SMILES string of the molecule is COc1cc(-c2cc3[nH]c(=O)n(-c4cncc5ccn(C)c(=O)c45)c(=O)c3s2)c(Cl)cc1F. The highest BCUT2D eigenvalue weighted by molar-refractivity contribution is 7.22. The Labute approximate surface area is 193 Å². The lowest BCUT2D eigenvalue weighted by atomic mass is 10.1. The number of halogens is 2. The lowest BCUT2D eigenvalue weighted by Crippen LogP contribution is -2.34. The highest BCUT2D eigenvalue weighted by Crippen LogP contribution is 2.38. The molecule has 0 aliphatic heterocycles. The third-order valence-electron chi connectivity index (χ3n) is 5.29. The fourth-order valence-electron chi connectivity index (χ4n) is 3.66. The van der Waals surface area contributed by atoms with Crippen LogP contribution in [0.1, 0.15) is 0 Å². The summed E-state index contributed by atoms with van der Waals surface area (Å²) in [6, 6.07) is 5.82. The number of ether oxygens (including phenoxy) is 1. The Hall–Kier alpha value is -3.76. The third-order valence-corrected chi connectivity index (χ3v) is 6.76. The molecule has 4 heterocycles. The van der Waals surface area contributed by atoms with Gasteiger partial charge < -0.3 is 14.3 Å². The summed E-state index contributed by atoms with van der Waals surface area (Å²) in [6.07, 6.45) is 4.38. The molecule has 0 aliphatic carbocycles. The van der Waals surface area contributed by atoms with Gasteiger partial charge in [0.1, 0.15) is 4.70 Å². The Morgan fingerprint density at radius 1 is 1.15 bits per heavy atom. The molecule has 0 spiro atoms. The summed E-state index contributed by atoms with van der Waals surface area (Å²) in [5, 5.41) is 0.827. The zero-order valence-electron chi connectivity index (χ0n) is 17.2. The minimum absolute atomic E-state index is 0.00423. The molecule has 1 N–H and O–H groups in total. The predicted molar refractivity (Wildman–Crippen MR) is 126 cm³/mol. The molecular weight excluding hydrogens is 471 g/mol. The van der Waals surface area contributed by atoms with Crippen molar-refractivity contribution in [2.75, 3.05) is 7.11 Å². The molecule has 11 heteroatoms. The summed E-state index contributed by atoms with van der Waals surface area (Å²) in [5.41, 5.74) is -0.882. The fourth-order valence-corrected chi connectivity index (χ4v) is 5.05. The first-order chi connectivity index (χ1) is 15.8. The number of aryl methyl sites for hydroxylation is 1. The van der Waals surface area contributed by atoms with Crippen molar-refractivity contribution in [3.8, 4) is 21.9 Å². The van der Waals surface area contributed by atoms with Gasteiger partial charge in [-0.25, -0.2) is 13.8 Å². The number of pyridine rings is 2. The lowest BCUT2D eigenvalue weighted by Gasteiger charge is -2.08. The molecule has 0 amide bonds. The monoisotopic (exact) mass is 484 g/mol. The highest BCUT2D eigenvalue weighted by Gasteiger charge is 2.19. The van der Waals surface area contributed by atoms with E-state index in [-0.39, 0.29) is 32.1 Å². The van der Waals surface area contributed by atoms with Gasteiger partial charge in [0.15, 0.2) is 11.6 Å². The fraction of sp³-hybridized carbons (Fsp3) is 0.0909. The van der Waals surface area contributed by atoms with E-state index in [9.17, 15) is 18.8 Å². The topological polar surface area (TPSA) is 99.0 Å². The molecule has 33 heavy (non-hydrogen) atoms. The van der Waals surface area contributed by atoms with Gasteiger partial charge in [0.05, 0.1) is 34.9 Å². The zero-order valence-corrected chi connectivity index (χ0v) is 18.8. The smallest absolute Gasteiger partial charge is 0.333 e. The van der Waals surface area contributed by atoms with Gasteiger partial charge in [0, 0.05) is 35.3 Å². The van der Waals surface area contributed by atoms with Crippen molar-refractivity contribution in [3.63, 3.8) is 0 Å². The minimum Gasteiger partial charge on any atom is -0.494 e. The number of methoxy groups -OCH3 is 1. The second-order valence-electron chi connectivity index (χ2n) is 7.25. The first-order valence-electron chi connectivity index (χ1n) is 9.56. The summed E-state index contributed by atoms with van der Waals surface area (Å²) in [5.74, 6) is -0.622. The molecule has 0 radical (unpaired) electrons. The molecule has 1 aromatic carbocycles. The van der Waals surface area contributed by atoms with Crippen LogP contribution in [0.5, 0.6) is 5.75 Å². The van der Waals surface area contributed by atoms with Crippen LogP contribution < -0.4 is 21.5 Å². The average molecular weight is 485 g/mol. The molecule has 0 saturated heterocycles. The van der Waals surface area contributed by atoms with Gasteiger partial charge in [0.2, 0.25) is 0 Å². The molecule has 0 aliphatic rings. The summed E-state index contributed by atoms with van der Waals surface area (Å²) >= 11 is 7.30. The Morgan fingerprint density at radius 2 is 1.94 bits per heavy atom. The standard InChI is InChI=1S/C22H14ClFN4O4S/c1-27-4-3-10-8-25-9-15(18(10)20(27)29)28-21(30)19-14(26-22(28)31)7-17(33-19)11-5-16(32-2)13(24)6-12(11)23/h3-9H,1-2H3,(H,26,31). The maximum absolute atomic E-state index is 14.0. The van der Waals surface area contributed by atoms with Crippen molar-refractivity contribution in [1.82, 2.24) is 19.1 Å². The molecule has 8 nitrogen and oxygen atoms in total. The van der Waals surface area contributed by atoms with E-state index >= 15 is 0 Å². The summed E-state index contributed by atoms with van der Waals surface area (Å²) in [6.45, 7) is 0. The Kier molecular flexibility index (Phi) is 4.91. The molecule has 0 atom stereocenters. The Balaban J connectivity index is 1.80. The quantitative estimate of drug-likeness (QED) is 0.423. The van der Waals surface area contributed by atoms with Crippen LogP contribution in [0.3, 0.4) is 0 Å². The van der Waals surface area contributed by atoms with Gasteiger partial charge >= 0.3 is 5.69 Å². The van der Waals surface area contributed by atoms with E-state index in [0.29, 0.717) is 21.3 Å². The molecule has 0 saturated carbocycles. The van der Waals surface area contributed by atoms with Gasteiger partial charge in [-0.3, -0.25) is 14.6 Å². The van der Waals surface area contributed by atoms with Gasteiger partial charge in [-0.2, -0.15) is 0 Å². The van der Waals surface area contributed by atoms with E-state index in [4.69, 9.17) is 16.3 Å². The number of aromatic nitrogens is 4. The highest BCUT2D eigenvalue weighted by atomic mass is 35.5. The van der Waals surface area contributed by atoms with E-state index in [1.807, 2.05) is 0 Å². The third kappa shape index (κ3) is 3.26. The number of hydrogen-bond donors (Lipinski definition) is 1. The number of hydrogen-bond acceptors (Lipinski definition) is 6. The van der Waals surface area contributed by atoms with Gasteiger partial charge in [0.25, 0.3) is 11.1 Å². The number of aromatic amines is 1. The van der Waals surface area contributed by atoms with Crippen LogP contribution >= 0.6 is 22.9 Å². The molecule has 0 fully saturated rings. The largest absolute Gasteiger partial charge is 0.494 e. The summed E-state index contributed by atoms with van der Waals surface area (Å²) in [7, 11) is 2.91. The van der Waals surface area contributed by atoms with Crippen LogP contribution in [-0.4, -0.2) is 26.2 Å². The maximum Gasteiger partial charge on any atom is 0.333 e. The van der Waals surface area contributed by atoms with Crippen molar-refractivity contribution in [3.05, 3.63) is 84.9 Å². The van der Waals surface area contributed by atoms with Gasteiger partial charge in [-0.1, -0.05) is 11.6 Å². The predicted octanol–water partition coefficient (Wildman–Crippen LogP) is 3.46. The molecule has 5 rings (SSSR count). The normalized spacial score (nSPS) is 11.4. The second-order valence-corrected chi connectivity index (χ2v) is 8.70. The number of H-pyrrole nitrogens is 1. The number of rotatable bonds is 3. The van der Waals surface area contributed by atoms with Gasteiger partial charge in [-0.05, 0) is 24.3 Å². The first kappa shape index (κ1) is 21.1. The van der Waals surface area contributed by atoms with E-state index in [1.54, 1.807) is 25.4 Å². The maximum atomic E-state index is 14.0. The lowest BCUT2D eigenvalue weighted by molar-refractivity contribution is 0.387. The number of nitrogens with zero attached hydrogens (tertiary/aromatic N) is 3. The molecule has 0 unspecified atom stereocenters. The molecule has 4 aromatic heterocycles. The molecule has 166 valence electrons. The first-order valence-corrected chi connectivity index (χ1v) is 10.8. The van der Waals surface area contributed by atoms with Crippen LogP contribution in [0.25, 0.3) is 37.1 Å². The summed E-state index contributed by atoms with van der Waals surface area (Å²) in [4.78, 5) is 46.4. The number of benzene rings is 1. The zero-order chi connectivity index (χ0) is 23.4. The van der Waals surface area contributed by atoms with E-state index in [2.05, 4.69) is 9.97 Å². The number of thiophene rings is 1. The van der Waals surface area contributed by atoms with Crippen LogP contribution in [0.2, 0.25) is 5.02 Å². The molecule has 5 aromatic rings. The van der Waals surface area contributed by atoms with Crippen molar-refractivity contribution in [1.29, 1.82) is 0 Å². The van der Waals surface area contributed by atoms with Crippen molar-refractivity contribution in [2.45, 2.75) is 0 Å². The van der Waals surface area contributed by atoms with Crippen LogP contribution in [0.4, 0.5) is 4.39 Å². The van der Waals surface area contributed by atoms with E-state index in [1.165, 1.54) is 30.1 Å². The average Bonchev–Trinajstić information content (AvgIpc) is 3.20. The van der Waals surface area contributed by atoms with Gasteiger partial charge in [-0.15, -0.1) is 11.3 Å². The number of fused-ring (bicyclic) bond motifs is 2. The second kappa shape index (κ2) is 7.68. The van der Waals surface area contributed by atoms with Crippen molar-refractivity contribution >= 4 is 43.9 Å². The van der Waals surface area contributed by atoms with Crippen LogP contribution in [0.15, 0.2) is 57.2 Å². The van der Waals surface area contributed by atoms with E-state index in [0.717, 1.165) is 22.0 Å². The number of nitrogens with one attached hydrogen (secondary N) is 1. The minimum atomic E-state index is -0.722. The Morgan fingerprint density at radius 3 is 2.70 bits per heavy atom. The van der Waals surface area contributed by atoms with E-state index < -0.39 is 17.1 Å². The Bertz CT molecular complexity index is 1770. The van der Waals surface area contributed by atoms with Crippen LogP contribution in [-0.2, 0) is 7.05 Å². The van der Waals surface area contributed by atoms with Crippen molar-refractivity contribution < 1.29 is 9.13 Å². The summed E-state index contributed by atoms with van der Waals surface area (Å²) < 4.78 is 21.5. The molecule has 0 bridgehead atoms. The molecular formula is C22H14ClFN4O4S. The van der Waals surface area contributed by atoms with Crippen molar-refractivity contribution in [2.24, 2.45) is 7.05 Å². The van der Waals surface area contributed by atoms with Crippen LogP contribution in [0, 0.1) is 5.82 Å².